The number of fused-ring (bicyclic) bond motifs is 2. The Morgan fingerprint density at radius 2 is 2.07 bits per heavy atom. The van der Waals surface area contributed by atoms with Gasteiger partial charge < -0.3 is 14.4 Å². The topological polar surface area (TPSA) is 66.6 Å². The van der Waals surface area contributed by atoms with Crippen LogP contribution in [0.25, 0.3) is 21.2 Å². The van der Waals surface area contributed by atoms with Crippen molar-refractivity contribution in [3.05, 3.63) is 58.3 Å². The second-order valence-electron chi connectivity index (χ2n) is 6.80. The summed E-state index contributed by atoms with van der Waals surface area (Å²) >= 11 is 1.38. The molecule has 5 nitrogen and oxygen atoms in total. The van der Waals surface area contributed by atoms with Gasteiger partial charge in [-0.25, -0.2) is 4.98 Å². The molecule has 0 spiro atoms. The maximum atomic E-state index is 13.1. The molecule has 2 aromatic heterocycles. The minimum Gasteiger partial charge on any atom is -0.507 e. The first-order chi connectivity index (χ1) is 13.0. The van der Waals surface area contributed by atoms with Crippen LogP contribution in [0.3, 0.4) is 0 Å². The molecule has 0 amide bonds. The van der Waals surface area contributed by atoms with Gasteiger partial charge in [-0.1, -0.05) is 19.1 Å². The summed E-state index contributed by atoms with van der Waals surface area (Å²) in [6.45, 7) is 2.51. The lowest BCUT2D eigenvalue weighted by atomic mass is 9.99. The molecule has 6 heteroatoms. The molecule has 0 saturated carbocycles. The highest BCUT2D eigenvalue weighted by Gasteiger charge is 2.23. The number of phenolic OH excluding ortho intramolecular Hbond substituents is 1. The fourth-order valence-corrected chi connectivity index (χ4v) is 4.20. The molecule has 2 heterocycles. The number of hydrogen-bond donors (Lipinski definition) is 1. The number of aromatic hydroxyl groups is 1. The molecule has 4 rings (SSSR count). The normalized spacial score (nSPS) is 11.7. The van der Waals surface area contributed by atoms with Crippen molar-refractivity contribution in [2.24, 2.45) is 0 Å². The average Bonchev–Trinajstić information content (AvgIpc) is 3.26. The lowest BCUT2D eigenvalue weighted by Gasteiger charge is -2.14. The zero-order chi connectivity index (χ0) is 19.1. The molecule has 0 bridgehead atoms. The Bertz CT molecular complexity index is 1120. The van der Waals surface area contributed by atoms with Gasteiger partial charge in [0.1, 0.15) is 17.6 Å². The molecular formula is C21H20N2O3S. The van der Waals surface area contributed by atoms with E-state index in [1.54, 1.807) is 0 Å². The van der Waals surface area contributed by atoms with E-state index < -0.39 is 0 Å². The summed E-state index contributed by atoms with van der Waals surface area (Å²) in [5.74, 6) is 0.0885. The van der Waals surface area contributed by atoms with E-state index >= 15 is 0 Å². The molecule has 1 N–H and O–H groups in total. The minimum absolute atomic E-state index is 0.154. The highest BCUT2D eigenvalue weighted by molar-refractivity contribution is 7.20. The molecule has 138 valence electrons. The van der Waals surface area contributed by atoms with Gasteiger partial charge in [-0.3, -0.25) is 4.79 Å². The van der Waals surface area contributed by atoms with Crippen molar-refractivity contribution in [3.63, 3.8) is 0 Å². The minimum atomic E-state index is -0.154. The van der Waals surface area contributed by atoms with Gasteiger partial charge in [0.15, 0.2) is 5.01 Å². The van der Waals surface area contributed by atoms with Crippen LogP contribution in [-0.4, -0.2) is 34.9 Å². The fraction of sp³-hybridized carbons (Fsp3) is 0.238. The van der Waals surface area contributed by atoms with Crippen molar-refractivity contribution in [2.45, 2.75) is 19.9 Å². The van der Waals surface area contributed by atoms with Crippen LogP contribution < -0.4 is 0 Å². The molecule has 0 fully saturated rings. The fourth-order valence-electron chi connectivity index (χ4n) is 3.28. The molecule has 0 saturated heterocycles. The van der Waals surface area contributed by atoms with Gasteiger partial charge in [0.05, 0.1) is 21.3 Å². The third-order valence-electron chi connectivity index (χ3n) is 4.60. The van der Waals surface area contributed by atoms with Crippen LogP contribution in [-0.2, 0) is 13.0 Å². The van der Waals surface area contributed by atoms with Crippen LogP contribution in [0.2, 0.25) is 0 Å². The van der Waals surface area contributed by atoms with E-state index in [9.17, 15) is 9.90 Å². The van der Waals surface area contributed by atoms with E-state index in [4.69, 9.17) is 4.42 Å². The number of aryl methyl sites for hydroxylation is 1. The summed E-state index contributed by atoms with van der Waals surface area (Å²) in [4.78, 5) is 19.6. The number of carbonyl (C=O) groups is 1. The molecule has 0 aliphatic carbocycles. The number of thiazole rings is 1. The van der Waals surface area contributed by atoms with E-state index in [0.29, 0.717) is 34.7 Å². The maximum absolute atomic E-state index is 13.1. The first-order valence-corrected chi connectivity index (χ1v) is 9.61. The number of ketones is 1. The summed E-state index contributed by atoms with van der Waals surface area (Å²) in [5.41, 5.74) is 3.37. The first kappa shape index (κ1) is 17.7. The highest BCUT2D eigenvalue weighted by atomic mass is 32.1. The molecule has 0 unspecified atom stereocenters. The number of phenols is 1. The first-order valence-electron chi connectivity index (χ1n) is 8.79. The van der Waals surface area contributed by atoms with Crippen LogP contribution in [0.4, 0.5) is 0 Å². The summed E-state index contributed by atoms with van der Waals surface area (Å²) < 4.78 is 6.73. The summed E-state index contributed by atoms with van der Waals surface area (Å²) in [7, 11) is 3.86. The standard InChI is InChI=1S/C21H20N2O3S/c1-4-12-9-13-15(11-26-20(13)14(18(12)24)10-23(2)3)19(25)21-22-16-7-5-6-8-17(16)27-21/h5-9,11,24H,4,10H2,1-3H3. The second kappa shape index (κ2) is 6.79. The van der Waals surface area contributed by atoms with Gasteiger partial charge in [-0.15, -0.1) is 11.3 Å². The van der Waals surface area contributed by atoms with Gasteiger partial charge >= 0.3 is 0 Å². The zero-order valence-electron chi connectivity index (χ0n) is 15.4. The zero-order valence-corrected chi connectivity index (χ0v) is 16.3. The number of benzene rings is 2. The van der Waals surface area contributed by atoms with Gasteiger partial charge in [0.25, 0.3) is 0 Å². The predicted octanol–water partition coefficient (Wildman–Crippen LogP) is 4.60. The Labute approximate surface area is 160 Å². The van der Waals surface area contributed by atoms with Crippen LogP contribution in [0.15, 0.2) is 41.0 Å². The van der Waals surface area contributed by atoms with Crippen LogP contribution >= 0.6 is 11.3 Å². The van der Waals surface area contributed by atoms with Gasteiger partial charge in [-0.2, -0.15) is 0 Å². The van der Waals surface area contributed by atoms with E-state index in [1.165, 1.54) is 17.6 Å². The van der Waals surface area contributed by atoms with Crippen molar-refractivity contribution in [1.82, 2.24) is 9.88 Å². The molecule has 0 atom stereocenters. The lowest BCUT2D eigenvalue weighted by molar-refractivity contribution is 0.103. The number of furan rings is 1. The van der Waals surface area contributed by atoms with E-state index in [-0.39, 0.29) is 11.5 Å². The Balaban J connectivity index is 1.88. The second-order valence-corrected chi connectivity index (χ2v) is 7.83. The molecule has 4 aromatic rings. The van der Waals surface area contributed by atoms with Gasteiger partial charge in [-0.05, 0) is 44.3 Å². The predicted molar refractivity (Wildman–Crippen MR) is 108 cm³/mol. The Morgan fingerprint density at radius 3 is 2.78 bits per heavy atom. The van der Waals surface area contributed by atoms with Crippen LogP contribution in [0, 0.1) is 0 Å². The molecular weight excluding hydrogens is 360 g/mol. The van der Waals surface area contributed by atoms with Crippen LogP contribution in [0.5, 0.6) is 5.75 Å². The molecule has 0 aliphatic heterocycles. The molecule has 27 heavy (non-hydrogen) atoms. The molecule has 0 radical (unpaired) electrons. The van der Waals surface area contributed by atoms with E-state index in [2.05, 4.69) is 4.98 Å². The average molecular weight is 380 g/mol. The molecule has 0 aliphatic rings. The Morgan fingerprint density at radius 1 is 1.30 bits per heavy atom. The number of aromatic nitrogens is 1. The number of para-hydroxylation sites is 1. The van der Waals surface area contributed by atoms with Crippen molar-refractivity contribution < 1.29 is 14.3 Å². The summed E-state index contributed by atoms with van der Waals surface area (Å²) in [6, 6.07) is 9.56. The third-order valence-corrected chi connectivity index (χ3v) is 5.64. The quantitative estimate of drug-likeness (QED) is 0.513. The van der Waals surface area contributed by atoms with Crippen molar-refractivity contribution in [3.8, 4) is 5.75 Å². The van der Waals surface area contributed by atoms with Crippen molar-refractivity contribution in [1.29, 1.82) is 0 Å². The van der Waals surface area contributed by atoms with Crippen molar-refractivity contribution >= 4 is 38.3 Å². The Hall–Kier alpha value is -2.70. The van der Waals surface area contributed by atoms with Crippen molar-refractivity contribution in [2.75, 3.05) is 14.1 Å². The van der Waals surface area contributed by atoms with Gasteiger partial charge in [0.2, 0.25) is 5.78 Å². The number of hydrogen-bond acceptors (Lipinski definition) is 6. The smallest absolute Gasteiger partial charge is 0.225 e. The van der Waals surface area contributed by atoms with E-state index in [0.717, 1.165) is 21.2 Å². The van der Waals surface area contributed by atoms with Crippen LogP contribution in [0.1, 0.15) is 33.4 Å². The van der Waals surface area contributed by atoms with E-state index in [1.807, 2.05) is 56.3 Å². The number of rotatable bonds is 5. The highest BCUT2D eigenvalue weighted by Crippen LogP contribution is 2.36. The van der Waals surface area contributed by atoms with Gasteiger partial charge in [0, 0.05) is 11.9 Å². The number of nitrogens with zero attached hydrogens (tertiary/aromatic N) is 2. The maximum Gasteiger partial charge on any atom is 0.225 e. The SMILES string of the molecule is CCc1cc2c(C(=O)c3nc4ccccc4s3)coc2c(CN(C)C)c1O. The lowest BCUT2D eigenvalue weighted by Crippen LogP contribution is -2.11. The summed E-state index contributed by atoms with van der Waals surface area (Å²) in [5, 5.41) is 11.8. The monoisotopic (exact) mass is 380 g/mol. The number of carbonyl (C=O) groups excluding carboxylic acids is 1. The summed E-state index contributed by atoms with van der Waals surface area (Å²) in [6.07, 6.45) is 2.15. The Kier molecular flexibility index (Phi) is 4.45. The molecule has 2 aromatic carbocycles. The third kappa shape index (κ3) is 3.01. The largest absolute Gasteiger partial charge is 0.507 e.